The van der Waals surface area contributed by atoms with Gasteiger partial charge in [-0.1, -0.05) is 52.3 Å². The molecule has 0 aromatic rings. The van der Waals surface area contributed by atoms with Crippen molar-refractivity contribution in [3.05, 3.63) is 46.3 Å². The van der Waals surface area contributed by atoms with Gasteiger partial charge < -0.3 is 20.4 Å². The number of hydrogen-bond donors (Lipinski definition) is 3. The number of aliphatic hydroxyl groups is 2. The van der Waals surface area contributed by atoms with Crippen LogP contribution in [0, 0.1) is 33.0 Å². The zero-order valence-corrected chi connectivity index (χ0v) is 26.2. The molecule has 3 saturated carbocycles. The highest BCUT2D eigenvalue weighted by atomic mass is 16.3. The number of amides is 1. The molecule has 40 heavy (non-hydrogen) atoms. The lowest BCUT2D eigenvalue weighted by molar-refractivity contribution is -0.175. The van der Waals surface area contributed by atoms with Crippen molar-refractivity contribution in [1.82, 2.24) is 10.2 Å². The van der Waals surface area contributed by atoms with Crippen molar-refractivity contribution in [1.29, 1.82) is 0 Å². The maximum absolute atomic E-state index is 14.2. The molecule has 1 amide bonds. The van der Waals surface area contributed by atoms with Crippen LogP contribution in [0.2, 0.25) is 0 Å². The first-order chi connectivity index (χ1) is 18.6. The summed E-state index contributed by atoms with van der Waals surface area (Å²) in [7, 11) is 0. The summed E-state index contributed by atoms with van der Waals surface area (Å²) in [5, 5.41) is 24.8. The van der Waals surface area contributed by atoms with E-state index in [2.05, 4.69) is 70.8 Å². The Labute approximate surface area is 241 Å². The van der Waals surface area contributed by atoms with E-state index < -0.39 is 6.10 Å². The van der Waals surface area contributed by atoms with Crippen molar-refractivity contribution < 1.29 is 15.0 Å². The van der Waals surface area contributed by atoms with Crippen molar-refractivity contribution in [3.63, 3.8) is 0 Å². The molecule has 0 radical (unpaired) electrons. The first-order valence-corrected chi connectivity index (χ1v) is 15.9. The molecule has 1 saturated heterocycles. The van der Waals surface area contributed by atoms with Crippen LogP contribution in [-0.4, -0.2) is 52.3 Å². The van der Waals surface area contributed by atoms with Gasteiger partial charge in [0.2, 0.25) is 5.91 Å². The van der Waals surface area contributed by atoms with Crippen molar-refractivity contribution in [2.75, 3.05) is 13.1 Å². The lowest BCUT2D eigenvalue weighted by Crippen LogP contribution is -2.64. The van der Waals surface area contributed by atoms with Gasteiger partial charge >= 0.3 is 0 Å². The third-order valence-corrected chi connectivity index (χ3v) is 13.4. The molecule has 6 rings (SSSR count). The SMILES string of the molecule is CC1=C(O)C(O)C=C2C1=CC=C1[C@@]2(C)CC[C@@]2(C)[C@@H]3C[C@](C)(C(=O)N4CC(C)NC(C)C4)CC[C@]3(C)CC[C@]12C. The summed E-state index contributed by atoms with van der Waals surface area (Å²) in [6, 6.07) is 0.668. The van der Waals surface area contributed by atoms with Crippen LogP contribution in [0.4, 0.5) is 0 Å². The van der Waals surface area contributed by atoms with E-state index in [1.54, 1.807) is 0 Å². The quantitative estimate of drug-likeness (QED) is 0.345. The first kappa shape index (κ1) is 28.3. The zero-order valence-electron chi connectivity index (χ0n) is 26.2. The standard InChI is InChI=1S/C35H52N2O3/c1-21-19-37(20-22(2)36-21)30(40)32(5)12-11-31(4)13-15-34(7)27-10-9-24-23(3)29(39)26(38)17-25(24)33(27,6)14-16-35(34,8)28(31)18-32/h9-10,17,21-22,26,28,36,38-39H,11-16,18-20H2,1-8H3/t21?,22?,26?,28-,31-,32-,33+,34-,35+/m1/s1. The van der Waals surface area contributed by atoms with Crippen LogP contribution in [0.15, 0.2) is 46.3 Å². The summed E-state index contributed by atoms with van der Waals surface area (Å²) >= 11 is 0. The van der Waals surface area contributed by atoms with Gasteiger partial charge in [-0.05, 0) is 111 Å². The number of hydrogen-bond acceptors (Lipinski definition) is 4. The highest BCUT2D eigenvalue weighted by Crippen LogP contribution is 2.75. The molecule has 3 unspecified atom stereocenters. The highest BCUT2D eigenvalue weighted by Gasteiger charge is 2.67. The van der Waals surface area contributed by atoms with Gasteiger partial charge in [-0.3, -0.25) is 4.79 Å². The minimum atomic E-state index is -0.931. The lowest BCUT2D eigenvalue weighted by atomic mass is 9.34. The van der Waals surface area contributed by atoms with Crippen LogP contribution in [0.1, 0.15) is 100 Å². The zero-order chi connectivity index (χ0) is 29.0. The molecular formula is C35H52N2O3. The average molecular weight is 549 g/mol. The second-order valence-corrected chi connectivity index (χ2v) is 15.9. The van der Waals surface area contributed by atoms with Crippen LogP contribution < -0.4 is 5.32 Å². The number of carbonyl (C=O) groups excluding carboxylic acids is 1. The van der Waals surface area contributed by atoms with E-state index in [0.29, 0.717) is 23.9 Å². The molecule has 0 aromatic heterocycles. The topological polar surface area (TPSA) is 72.8 Å². The Morgan fingerprint density at radius 2 is 1.60 bits per heavy atom. The summed E-state index contributed by atoms with van der Waals surface area (Å²) in [6.45, 7) is 20.2. The predicted molar refractivity (Wildman–Crippen MR) is 161 cm³/mol. The molecule has 9 atom stereocenters. The Morgan fingerprint density at radius 1 is 0.950 bits per heavy atom. The Bertz CT molecular complexity index is 1250. The molecule has 3 N–H and O–H groups in total. The fraction of sp³-hybridized carbons (Fsp3) is 0.743. The van der Waals surface area contributed by atoms with Gasteiger partial charge in [0, 0.05) is 36.0 Å². The van der Waals surface area contributed by atoms with E-state index in [1.165, 1.54) is 17.6 Å². The Kier molecular flexibility index (Phi) is 6.24. The largest absolute Gasteiger partial charge is 0.509 e. The van der Waals surface area contributed by atoms with Crippen molar-refractivity contribution in [2.24, 2.45) is 33.0 Å². The summed E-state index contributed by atoms with van der Waals surface area (Å²) in [4.78, 5) is 16.4. The molecule has 4 fully saturated rings. The Morgan fingerprint density at radius 3 is 2.27 bits per heavy atom. The molecule has 1 heterocycles. The smallest absolute Gasteiger partial charge is 0.228 e. The van der Waals surface area contributed by atoms with Crippen LogP contribution in [-0.2, 0) is 4.79 Å². The van der Waals surface area contributed by atoms with Gasteiger partial charge in [0.05, 0.1) is 0 Å². The number of rotatable bonds is 1. The number of nitrogens with zero attached hydrogens (tertiary/aromatic N) is 1. The summed E-state index contributed by atoms with van der Waals surface area (Å²) in [5.74, 6) is 0.931. The fourth-order valence-corrected chi connectivity index (χ4v) is 10.6. The highest BCUT2D eigenvalue weighted by molar-refractivity contribution is 5.83. The fourth-order valence-electron chi connectivity index (χ4n) is 10.6. The van der Waals surface area contributed by atoms with Gasteiger partial charge in [-0.15, -0.1) is 0 Å². The number of fused-ring (bicyclic) bond motifs is 7. The van der Waals surface area contributed by atoms with Crippen molar-refractivity contribution in [2.45, 2.75) is 119 Å². The molecular weight excluding hydrogens is 496 g/mol. The number of piperazine rings is 1. The van der Waals surface area contributed by atoms with Crippen LogP contribution in [0.25, 0.3) is 0 Å². The van der Waals surface area contributed by atoms with Crippen molar-refractivity contribution >= 4 is 5.91 Å². The Hall–Kier alpha value is -1.85. The second-order valence-electron chi connectivity index (χ2n) is 15.9. The normalized spacial score (nSPS) is 48.6. The summed E-state index contributed by atoms with van der Waals surface area (Å²) in [6.07, 6.45) is 13.1. The minimum absolute atomic E-state index is 0.00841. The molecule has 5 nitrogen and oxygen atoms in total. The van der Waals surface area contributed by atoms with E-state index in [4.69, 9.17) is 0 Å². The van der Waals surface area contributed by atoms with E-state index in [9.17, 15) is 15.0 Å². The van der Waals surface area contributed by atoms with Gasteiger partial charge in [-0.2, -0.15) is 0 Å². The van der Waals surface area contributed by atoms with E-state index in [-0.39, 0.29) is 32.8 Å². The monoisotopic (exact) mass is 548 g/mol. The average Bonchev–Trinajstić information content (AvgIpc) is 2.89. The van der Waals surface area contributed by atoms with Crippen molar-refractivity contribution in [3.8, 4) is 0 Å². The predicted octanol–water partition coefficient (Wildman–Crippen LogP) is 6.61. The molecule has 0 bridgehead atoms. The second kappa shape index (κ2) is 8.83. The Balaban J connectivity index is 1.37. The summed E-state index contributed by atoms with van der Waals surface area (Å²) < 4.78 is 0. The maximum atomic E-state index is 14.2. The molecule has 220 valence electrons. The molecule has 1 aliphatic heterocycles. The first-order valence-electron chi connectivity index (χ1n) is 15.9. The molecule has 0 aromatic carbocycles. The number of aliphatic hydroxyl groups excluding tert-OH is 2. The van der Waals surface area contributed by atoms with Gasteiger partial charge in [0.15, 0.2) is 0 Å². The van der Waals surface area contributed by atoms with Gasteiger partial charge in [0.1, 0.15) is 11.9 Å². The molecule has 6 aliphatic rings. The molecule has 5 aliphatic carbocycles. The number of nitrogens with one attached hydrogen (secondary N) is 1. The van der Waals surface area contributed by atoms with Crippen LogP contribution in [0.5, 0.6) is 0 Å². The number of carbonyl (C=O) groups is 1. The maximum Gasteiger partial charge on any atom is 0.228 e. The van der Waals surface area contributed by atoms with E-state index >= 15 is 0 Å². The third kappa shape index (κ3) is 3.68. The van der Waals surface area contributed by atoms with Crippen LogP contribution in [0.3, 0.4) is 0 Å². The lowest BCUT2D eigenvalue weighted by Gasteiger charge is -2.70. The third-order valence-electron chi connectivity index (χ3n) is 13.4. The van der Waals surface area contributed by atoms with Gasteiger partial charge in [0.25, 0.3) is 0 Å². The minimum Gasteiger partial charge on any atom is -0.509 e. The van der Waals surface area contributed by atoms with E-state index in [1.807, 2.05) is 13.0 Å². The van der Waals surface area contributed by atoms with E-state index in [0.717, 1.165) is 62.8 Å². The van der Waals surface area contributed by atoms with Crippen LogP contribution >= 0.6 is 0 Å². The summed E-state index contributed by atoms with van der Waals surface area (Å²) in [5.41, 5.74) is 4.45. The molecule has 0 spiro atoms. The van der Waals surface area contributed by atoms with Gasteiger partial charge in [-0.25, -0.2) is 0 Å². The number of allylic oxidation sites excluding steroid dienone is 6. The molecule has 5 heteroatoms.